The Balaban J connectivity index is 0.000000370. The smallest absolute Gasteiger partial charge is 0.475 e. The number of alkyl halides is 3. The minimum Gasteiger partial charge on any atom is -0.475 e. The van der Waals surface area contributed by atoms with Gasteiger partial charge in [0.05, 0.1) is 26.0 Å². The number of carboxylic acids is 1. The van der Waals surface area contributed by atoms with Crippen LogP contribution in [0.1, 0.15) is 18.6 Å². The molecule has 2 aliphatic heterocycles. The highest BCUT2D eigenvalue weighted by Gasteiger charge is 2.38. The number of furan rings is 1. The van der Waals surface area contributed by atoms with Crippen LogP contribution in [0.25, 0.3) is 0 Å². The molecule has 1 amide bonds. The third-order valence-corrected chi connectivity index (χ3v) is 4.48. The first-order valence-corrected chi connectivity index (χ1v) is 9.30. The number of ether oxygens (including phenoxy) is 2. The Morgan fingerprint density at radius 3 is 2.45 bits per heavy atom. The first-order valence-electron chi connectivity index (χ1n) is 9.30. The number of rotatable bonds is 6. The average molecular weight is 422 g/mol. The van der Waals surface area contributed by atoms with Crippen LogP contribution in [0.15, 0.2) is 22.8 Å². The van der Waals surface area contributed by atoms with E-state index in [0.717, 1.165) is 51.4 Å². The fourth-order valence-electron chi connectivity index (χ4n) is 2.92. The van der Waals surface area contributed by atoms with E-state index < -0.39 is 12.1 Å². The van der Waals surface area contributed by atoms with Gasteiger partial charge in [-0.05, 0) is 25.0 Å². The molecule has 29 heavy (non-hydrogen) atoms. The van der Waals surface area contributed by atoms with Crippen molar-refractivity contribution in [1.82, 2.24) is 9.80 Å². The van der Waals surface area contributed by atoms with E-state index in [2.05, 4.69) is 4.90 Å². The summed E-state index contributed by atoms with van der Waals surface area (Å²) >= 11 is 0. The van der Waals surface area contributed by atoms with E-state index in [-0.39, 0.29) is 12.0 Å². The second-order valence-electron chi connectivity index (χ2n) is 6.60. The molecule has 0 bridgehead atoms. The number of morpholine rings is 1. The van der Waals surface area contributed by atoms with E-state index in [1.807, 2.05) is 17.0 Å². The molecule has 0 aromatic carbocycles. The van der Waals surface area contributed by atoms with Crippen molar-refractivity contribution in [2.75, 3.05) is 46.0 Å². The molecule has 8 nitrogen and oxygen atoms in total. The van der Waals surface area contributed by atoms with Gasteiger partial charge in [0.1, 0.15) is 11.9 Å². The molecule has 0 radical (unpaired) electrons. The summed E-state index contributed by atoms with van der Waals surface area (Å²) in [6.07, 6.45) is -1.93. The zero-order chi connectivity index (χ0) is 21.3. The number of halogens is 3. The topological polar surface area (TPSA) is 92.5 Å². The molecule has 2 aliphatic rings. The van der Waals surface area contributed by atoms with Gasteiger partial charge in [-0.1, -0.05) is 0 Å². The highest BCUT2D eigenvalue weighted by molar-refractivity contribution is 5.81. The molecular formula is C18H25F3N2O6. The molecule has 0 aliphatic carbocycles. The fourth-order valence-corrected chi connectivity index (χ4v) is 2.92. The highest BCUT2D eigenvalue weighted by Crippen LogP contribution is 2.17. The predicted octanol–water partition coefficient (Wildman–Crippen LogP) is 1.75. The summed E-state index contributed by atoms with van der Waals surface area (Å²) in [5.74, 6) is -1.86. The molecule has 2 saturated heterocycles. The molecular weight excluding hydrogens is 397 g/mol. The van der Waals surface area contributed by atoms with Gasteiger partial charge in [0.15, 0.2) is 0 Å². The summed E-state index contributed by atoms with van der Waals surface area (Å²) in [4.78, 5) is 25.8. The molecule has 1 unspecified atom stereocenters. The van der Waals surface area contributed by atoms with Crippen LogP contribution in [0.4, 0.5) is 13.2 Å². The Kier molecular flexibility index (Phi) is 8.93. The number of amides is 1. The second kappa shape index (κ2) is 11.2. The van der Waals surface area contributed by atoms with Crippen LogP contribution in [0.5, 0.6) is 0 Å². The van der Waals surface area contributed by atoms with Crippen molar-refractivity contribution in [2.45, 2.75) is 31.7 Å². The van der Waals surface area contributed by atoms with Crippen molar-refractivity contribution in [3.05, 3.63) is 24.2 Å². The van der Waals surface area contributed by atoms with Crippen molar-refractivity contribution in [1.29, 1.82) is 0 Å². The Morgan fingerprint density at radius 2 is 1.93 bits per heavy atom. The zero-order valence-corrected chi connectivity index (χ0v) is 15.9. The van der Waals surface area contributed by atoms with Gasteiger partial charge in [-0.15, -0.1) is 0 Å². The third-order valence-electron chi connectivity index (χ3n) is 4.48. The van der Waals surface area contributed by atoms with Crippen LogP contribution in [-0.2, 0) is 25.6 Å². The molecule has 0 saturated carbocycles. The quantitative estimate of drug-likeness (QED) is 0.747. The van der Waals surface area contributed by atoms with E-state index in [1.165, 1.54) is 0 Å². The van der Waals surface area contributed by atoms with Gasteiger partial charge >= 0.3 is 12.1 Å². The SMILES string of the molecule is O=C(C1CCCO1)N(CCN1CCOCC1)Cc1ccco1.O=C(O)C(F)(F)F. The van der Waals surface area contributed by atoms with Gasteiger partial charge in [-0.2, -0.15) is 13.2 Å². The van der Waals surface area contributed by atoms with Crippen LogP contribution in [-0.4, -0.2) is 85.1 Å². The number of hydrogen-bond acceptors (Lipinski definition) is 6. The number of aliphatic carboxylic acids is 1. The average Bonchev–Trinajstić information content (AvgIpc) is 3.39. The number of carbonyl (C=O) groups excluding carboxylic acids is 1. The molecule has 2 fully saturated rings. The Labute approximate surface area is 166 Å². The molecule has 164 valence electrons. The van der Waals surface area contributed by atoms with E-state index in [0.29, 0.717) is 19.7 Å². The summed E-state index contributed by atoms with van der Waals surface area (Å²) in [5.41, 5.74) is 0. The van der Waals surface area contributed by atoms with E-state index in [9.17, 15) is 18.0 Å². The van der Waals surface area contributed by atoms with Gasteiger partial charge < -0.3 is 23.9 Å². The highest BCUT2D eigenvalue weighted by atomic mass is 19.4. The molecule has 1 atom stereocenters. The fraction of sp³-hybridized carbons (Fsp3) is 0.667. The first kappa shape index (κ1) is 23.2. The summed E-state index contributed by atoms with van der Waals surface area (Å²) in [5, 5.41) is 7.12. The van der Waals surface area contributed by atoms with Crippen molar-refractivity contribution < 1.29 is 41.8 Å². The van der Waals surface area contributed by atoms with E-state index >= 15 is 0 Å². The lowest BCUT2D eigenvalue weighted by Gasteiger charge is -2.30. The van der Waals surface area contributed by atoms with Crippen molar-refractivity contribution in [3.63, 3.8) is 0 Å². The van der Waals surface area contributed by atoms with Crippen LogP contribution in [0.2, 0.25) is 0 Å². The lowest BCUT2D eigenvalue weighted by atomic mass is 10.2. The maximum absolute atomic E-state index is 12.7. The lowest BCUT2D eigenvalue weighted by Crippen LogP contribution is -2.45. The normalized spacial score (nSPS) is 20.0. The van der Waals surface area contributed by atoms with E-state index in [4.69, 9.17) is 23.8 Å². The molecule has 11 heteroatoms. The second-order valence-corrected chi connectivity index (χ2v) is 6.60. The van der Waals surface area contributed by atoms with E-state index in [1.54, 1.807) is 6.26 Å². The summed E-state index contributed by atoms with van der Waals surface area (Å²) in [7, 11) is 0. The molecule has 1 aromatic rings. The summed E-state index contributed by atoms with van der Waals surface area (Å²) < 4.78 is 48.1. The van der Waals surface area contributed by atoms with Gasteiger partial charge in [-0.3, -0.25) is 9.69 Å². The van der Waals surface area contributed by atoms with Crippen molar-refractivity contribution in [3.8, 4) is 0 Å². The first-order chi connectivity index (χ1) is 13.8. The molecule has 0 spiro atoms. The maximum atomic E-state index is 12.7. The number of carbonyl (C=O) groups is 2. The van der Waals surface area contributed by atoms with Gasteiger partial charge in [-0.25, -0.2) is 4.79 Å². The number of carboxylic acid groups (broad SMARTS) is 1. The minimum absolute atomic E-state index is 0.0853. The largest absolute Gasteiger partial charge is 0.490 e. The summed E-state index contributed by atoms with van der Waals surface area (Å²) in [6.45, 7) is 6.17. The molecule has 3 heterocycles. The maximum Gasteiger partial charge on any atom is 0.490 e. The van der Waals surface area contributed by atoms with Crippen LogP contribution in [0, 0.1) is 0 Å². The number of nitrogens with zero attached hydrogens (tertiary/aromatic N) is 2. The molecule has 3 rings (SSSR count). The zero-order valence-electron chi connectivity index (χ0n) is 15.9. The lowest BCUT2D eigenvalue weighted by molar-refractivity contribution is -0.192. The molecule has 1 N–H and O–H groups in total. The Morgan fingerprint density at radius 1 is 1.24 bits per heavy atom. The van der Waals surface area contributed by atoms with Gasteiger partial charge in [0.2, 0.25) is 0 Å². The van der Waals surface area contributed by atoms with Crippen molar-refractivity contribution >= 4 is 11.9 Å². The van der Waals surface area contributed by atoms with Crippen LogP contribution in [0.3, 0.4) is 0 Å². The van der Waals surface area contributed by atoms with Gasteiger partial charge in [0.25, 0.3) is 5.91 Å². The monoisotopic (exact) mass is 422 g/mol. The van der Waals surface area contributed by atoms with Gasteiger partial charge in [0, 0.05) is 32.8 Å². The summed E-state index contributed by atoms with van der Waals surface area (Å²) in [6, 6.07) is 3.76. The third kappa shape index (κ3) is 8.03. The number of hydrogen-bond donors (Lipinski definition) is 1. The standard InChI is InChI=1S/C16H24N2O4.C2HF3O2/c19-16(15-4-2-10-22-15)18(13-14-3-1-9-21-14)6-5-17-7-11-20-12-8-17;3-2(4,5)1(6)7/h1,3,9,15H,2,4-8,10-13H2;(H,6,7). The van der Waals surface area contributed by atoms with Crippen LogP contribution < -0.4 is 0 Å². The predicted molar refractivity (Wildman–Crippen MR) is 94.0 cm³/mol. The minimum atomic E-state index is -5.08. The Bertz CT molecular complexity index is 626. The molecule has 1 aromatic heterocycles. The van der Waals surface area contributed by atoms with Crippen LogP contribution >= 0.6 is 0 Å². The Hall–Kier alpha value is -2.11. The van der Waals surface area contributed by atoms with Crippen molar-refractivity contribution in [2.24, 2.45) is 0 Å².